The topological polar surface area (TPSA) is 98.4 Å². The Kier molecular flexibility index (Phi) is 5.20. The summed E-state index contributed by atoms with van der Waals surface area (Å²) in [7, 11) is 0. The molecule has 1 aliphatic heterocycles. The Bertz CT molecular complexity index is 1390. The predicted molar refractivity (Wildman–Crippen MR) is 136 cm³/mol. The van der Waals surface area contributed by atoms with Gasteiger partial charge in [-0.2, -0.15) is 9.61 Å². The highest BCUT2D eigenvalue weighted by Crippen LogP contribution is 2.51. The first kappa shape index (κ1) is 21.7. The Balaban J connectivity index is 1.29. The molecule has 4 heterocycles. The summed E-state index contributed by atoms with van der Waals surface area (Å²) in [5.74, 6) is 1.39. The van der Waals surface area contributed by atoms with E-state index in [0.717, 1.165) is 59.2 Å². The molecule has 4 aromatic rings. The van der Waals surface area contributed by atoms with Crippen LogP contribution in [0.4, 0.5) is 11.6 Å². The van der Waals surface area contributed by atoms with Crippen molar-refractivity contribution >= 4 is 40.6 Å². The first-order valence-corrected chi connectivity index (χ1v) is 12.7. The van der Waals surface area contributed by atoms with Gasteiger partial charge in [-0.1, -0.05) is 47.6 Å². The van der Waals surface area contributed by atoms with Crippen LogP contribution < -0.4 is 16.4 Å². The maximum absolute atomic E-state index is 6.78. The summed E-state index contributed by atoms with van der Waals surface area (Å²) in [6.45, 7) is 3.98. The van der Waals surface area contributed by atoms with Crippen molar-refractivity contribution in [3.05, 3.63) is 70.6 Å². The summed E-state index contributed by atoms with van der Waals surface area (Å²) in [6, 6.07) is 12.8. The van der Waals surface area contributed by atoms with Gasteiger partial charge < -0.3 is 16.4 Å². The molecule has 0 saturated carbocycles. The first-order chi connectivity index (χ1) is 16.5. The molecule has 0 bridgehead atoms. The number of benzene rings is 1. The van der Waals surface area contributed by atoms with Crippen molar-refractivity contribution in [2.45, 2.75) is 42.0 Å². The number of rotatable bonds is 3. The minimum absolute atomic E-state index is 0.107. The van der Waals surface area contributed by atoms with Gasteiger partial charge in [0.25, 0.3) is 0 Å². The Morgan fingerprint density at radius 1 is 1.15 bits per heavy atom. The van der Waals surface area contributed by atoms with E-state index >= 15 is 0 Å². The molecule has 1 aromatic carbocycles. The number of nitrogens with zero attached hydrogens (tertiary/aromatic N) is 5. The number of nitrogen functional groups attached to an aromatic ring is 1. The Morgan fingerprint density at radius 3 is 2.74 bits per heavy atom. The van der Waals surface area contributed by atoms with E-state index in [1.807, 2.05) is 10.6 Å². The Hall–Kier alpha value is -2.81. The SMILES string of the molecule is Cc1cc(N2CCC3(CC2)Cc2ccccc2C3N)n2ncnc2c1Sc1ccnc(N)c1Cl. The lowest BCUT2D eigenvalue weighted by Gasteiger charge is -2.43. The van der Waals surface area contributed by atoms with Crippen molar-refractivity contribution in [1.82, 2.24) is 19.6 Å². The fraction of sp³-hybridized carbons (Fsp3) is 0.320. The molecule has 2 aliphatic rings. The molecule has 1 unspecified atom stereocenters. The smallest absolute Gasteiger partial charge is 0.171 e. The molecule has 1 saturated heterocycles. The van der Waals surface area contributed by atoms with Gasteiger partial charge in [0, 0.05) is 30.2 Å². The van der Waals surface area contributed by atoms with Crippen molar-refractivity contribution in [3.8, 4) is 0 Å². The predicted octanol–water partition coefficient (Wildman–Crippen LogP) is 4.66. The van der Waals surface area contributed by atoms with Crippen LogP contribution in [0.1, 0.15) is 35.6 Å². The molecule has 0 amide bonds. The lowest BCUT2D eigenvalue weighted by Crippen LogP contribution is -2.45. The van der Waals surface area contributed by atoms with Crippen LogP contribution >= 0.6 is 23.4 Å². The van der Waals surface area contributed by atoms with Gasteiger partial charge in [0.1, 0.15) is 18.0 Å². The van der Waals surface area contributed by atoms with E-state index in [2.05, 4.69) is 57.2 Å². The molecule has 3 aromatic heterocycles. The minimum Gasteiger partial charge on any atom is -0.382 e. The summed E-state index contributed by atoms with van der Waals surface area (Å²) < 4.78 is 1.94. The maximum Gasteiger partial charge on any atom is 0.171 e. The fourth-order valence-electron chi connectivity index (χ4n) is 5.53. The zero-order valence-corrected chi connectivity index (χ0v) is 20.5. The van der Waals surface area contributed by atoms with Gasteiger partial charge in [0.2, 0.25) is 0 Å². The van der Waals surface area contributed by atoms with Crippen LogP contribution in [0.25, 0.3) is 5.65 Å². The molecule has 4 N–H and O–H groups in total. The Morgan fingerprint density at radius 2 is 1.94 bits per heavy atom. The molecule has 174 valence electrons. The molecule has 6 rings (SSSR count). The van der Waals surface area contributed by atoms with Gasteiger partial charge in [0.05, 0.1) is 9.92 Å². The summed E-state index contributed by atoms with van der Waals surface area (Å²) in [6.07, 6.45) is 6.46. The van der Waals surface area contributed by atoms with Gasteiger partial charge in [-0.3, -0.25) is 0 Å². The molecule has 1 atom stereocenters. The quantitative estimate of drug-likeness (QED) is 0.430. The summed E-state index contributed by atoms with van der Waals surface area (Å²) in [5.41, 5.74) is 17.5. The number of piperidine rings is 1. The average Bonchev–Trinajstić information content (AvgIpc) is 3.43. The first-order valence-electron chi connectivity index (χ1n) is 11.5. The molecule has 9 heteroatoms. The van der Waals surface area contributed by atoms with Crippen LogP contribution in [-0.2, 0) is 6.42 Å². The number of hydrogen-bond donors (Lipinski definition) is 2. The number of fused-ring (bicyclic) bond motifs is 2. The number of aryl methyl sites for hydroxylation is 1. The number of nitrogens with two attached hydrogens (primary N) is 2. The van der Waals surface area contributed by atoms with Crippen LogP contribution in [0, 0.1) is 12.3 Å². The molecular weight excluding hydrogens is 466 g/mol. The van der Waals surface area contributed by atoms with Gasteiger partial charge in [-0.05, 0) is 60.4 Å². The van der Waals surface area contributed by atoms with Crippen molar-refractivity contribution in [2.75, 3.05) is 23.7 Å². The zero-order valence-electron chi connectivity index (χ0n) is 18.9. The molecule has 1 aliphatic carbocycles. The molecule has 0 radical (unpaired) electrons. The van der Waals surface area contributed by atoms with E-state index in [1.54, 1.807) is 24.3 Å². The standard InChI is InChI=1S/C25H26ClN7S/c1-15-12-19(32-10-7-25(8-11-32)13-16-4-2-3-5-17(16)22(25)27)33-24(30-14-31-33)21(15)34-18-6-9-29-23(28)20(18)26/h2-6,9,12,14,22H,7-8,10-11,13,27H2,1H3,(H2,28,29). The molecule has 1 fully saturated rings. The average molecular weight is 492 g/mol. The van der Waals surface area contributed by atoms with E-state index in [-0.39, 0.29) is 11.5 Å². The molecule has 7 nitrogen and oxygen atoms in total. The van der Waals surface area contributed by atoms with Gasteiger partial charge in [-0.15, -0.1) is 0 Å². The third kappa shape index (κ3) is 3.35. The highest BCUT2D eigenvalue weighted by atomic mass is 35.5. The second-order valence-electron chi connectivity index (χ2n) is 9.32. The summed E-state index contributed by atoms with van der Waals surface area (Å²) in [5, 5.41) is 5.03. The number of anilines is 2. The fourth-order valence-corrected chi connectivity index (χ4v) is 6.75. The van der Waals surface area contributed by atoms with Crippen molar-refractivity contribution in [3.63, 3.8) is 0 Å². The van der Waals surface area contributed by atoms with Crippen molar-refractivity contribution in [1.29, 1.82) is 0 Å². The van der Waals surface area contributed by atoms with E-state index in [0.29, 0.717) is 10.8 Å². The van der Waals surface area contributed by atoms with Gasteiger partial charge >= 0.3 is 0 Å². The number of pyridine rings is 2. The maximum atomic E-state index is 6.78. The monoisotopic (exact) mass is 491 g/mol. The summed E-state index contributed by atoms with van der Waals surface area (Å²) >= 11 is 7.95. The van der Waals surface area contributed by atoms with Crippen molar-refractivity contribution in [2.24, 2.45) is 11.1 Å². The summed E-state index contributed by atoms with van der Waals surface area (Å²) in [4.78, 5) is 12.9. The number of halogens is 1. The highest BCUT2D eigenvalue weighted by molar-refractivity contribution is 7.99. The lowest BCUT2D eigenvalue weighted by atomic mass is 9.73. The normalized spacial score (nSPS) is 19.1. The minimum atomic E-state index is 0.107. The zero-order chi connectivity index (χ0) is 23.4. The number of hydrogen-bond acceptors (Lipinski definition) is 7. The highest BCUT2D eigenvalue weighted by Gasteiger charge is 2.46. The third-order valence-electron chi connectivity index (χ3n) is 7.44. The van der Waals surface area contributed by atoms with Crippen molar-refractivity contribution < 1.29 is 0 Å². The number of aromatic nitrogens is 4. The molecular formula is C25H26ClN7S. The Labute approximate surface area is 207 Å². The molecule has 1 spiro atoms. The van der Waals surface area contributed by atoms with Crippen LogP contribution in [0.5, 0.6) is 0 Å². The van der Waals surface area contributed by atoms with Crippen LogP contribution in [0.3, 0.4) is 0 Å². The van der Waals surface area contributed by atoms with Gasteiger partial charge in [-0.25, -0.2) is 9.97 Å². The van der Waals surface area contributed by atoms with E-state index in [4.69, 9.17) is 23.1 Å². The van der Waals surface area contributed by atoms with E-state index in [9.17, 15) is 0 Å². The second kappa shape index (κ2) is 8.15. The molecule has 34 heavy (non-hydrogen) atoms. The van der Waals surface area contributed by atoms with Crippen LogP contribution in [0.15, 0.2) is 58.7 Å². The van der Waals surface area contributed by atoms with E-state index < -0.39 is 0 Å². The van der Waals surface area contributed by atoms with Gasteiger partial charge in [0.15, 0.2) is 5.65 Å². The van der Waals surface area contributed by atoms with Crippen LogP contribution in [0.2, 0.25) is 5.02 Å². The van der Waals surface area contributed by atoms with Crippen LogP contribution in [-0.4, -0.2) is 32.7 Å². The largest absolute Gasteiger partial charge is 0.382 e. The van der Waals surface area contributed by atoms with E-state index in [1.165, 1.54) is 11.1 Å². The second-order valence-corrected chi connectivity index (χ2v) is 10.8. The lowest BCUT2D eigenvalue weighted by molar-refractivity contribution is 0.187. The third-order valence-corrected chi connectivity index (χ3v) is 9.22.